The highest BCUT2D eigenvalue weighted by Crippen LogP contribution is 2.17. The summed E-state index contributed by atoms with van der Waals surface area (Å²) in [5, 5.41) is 14.9. The molecule has 0 unspecified atom stereocenters. The predicted octanol–water partition coefficient (Wildman–Crippen LogP) is 3.37. The third kappa shape index (κ3) is 5.06. The number of carbonyl (C=O) groups is 2. The quantitative estimate of drug-likeness (QED) is 0.459. The molecule has 26 heavy (non-hydrogen) atoms. The molecular formula is C18H15ClN4O3. The van der Waals surface area contributed by atoms with E-state index in [0.717, 1.165) is 0 Å². The first-order chi connectivity index (χ1) is 12.5. The molecule has 132 valence electrons. The van der Waals surface area contributed by atoms with Gasteiger partial charge in [-0.1, -0.05) is 23.7 Å². The summed E-state index contributed by atoms with van der Waals surface area (Å²) in [4.78, 5) is 28.3. The van der Waals surface area contributed by atoms with Gasteiger partial charge in [-0.3, -0.25) is 4.79 Å². The Morgan fingerprint density at radius 2 is 2.12 bits per heavy atom. The van der Waals surface area contributed by atoms with Crippen molar-refractivity contribution in [3.8, 4) is 6.07 Å². The van der Waals surface area contributed by atoms with Gasteiger partial charge in [0.15, 0.2) is 0 Å². The van der Waals surface area contributed by atoms with Crippen LogP contribution in [0.4, 0.5) is 11.5 Å². The van der Waals surface area contributed by atoms with E-state index in [4.69, 9.17) is 16.3 Å². The summed E-state index contributed by atoms with van der Waals surface area (Å²) >= 11 is 5.85. The van der Waals surface area contributed by atoms with E-state index in [1.165, 1.54) is 18.5 Å². The van der Waals surface area contributed by atoms with Crippen LogP contribution in [0.25, 0.3) is 0 Å². The van der Waals surface area contributed by atoms with Crippen molar-refractivity contribution in [1.82, 2.24) is 4.98 Å². The van der Waals surface area contributed by atoms with Crippen molar-refractivity contribution in [3.05, 3.63) is 65.0 Å². The highest BCUT2D eigenvalue weighted by atomic mass is 35.5. The van der Waals surface area contributed by atoms with E-state index in [0.29, 0.717) is 10.8 Å². The number of rotatable bonds is 6. The number of amides is 1. The number of aromatic nitrogens is 1. The van der Waals surface area contributed by atoms with Crippen LogP contribution < -0.4 is 10.6 Å². The first-order valence-corrected chi connectivity index (χ1v) is 7.98. The van der Waals surface area contributed by atoms with Crippen LogP contribution in [0.15, 0.2) is 54.4 Å². The van der Waals surface area contributed by atoms with Crippen molar-refractivity contribution in [3.63, 3.8) is 0 Å². The maximum absolute atomic E-state index is 12.3. The van der Waals surface area contributed by atoms with Gasteiger partial charge in [0.1, 0.15) is 17.5 Å². The van der Waals surface area contributed by atoms with Gasteiger partial charge in [-0.05, 0) is 31.2 Å². The van der Waals surface area contributed by atoms with E-state index in [1.807, 2.05) is 0 Å². The van der Waals surface area contributed by atoms with Crippen molar-refractivity contribution in [2.75, 3.05) is 17.2 Å². The summed E-state index contributed by atoms with van der Waals surface area (Å²) in [5.74, 6) is -0.865. The normalized spacial score (nSPS) is 10.6. The molecule has 0 aliphatic rings. The number of pyridine rings is 1. The molecule has 0 saturated carbocycles. The van der Waals surface area contributed by atoms with Gasteiger partial charge in [0.2, 0.25) is 0 Å². The molecule has 1 aromatic carbocycles. The third-order valence-electron chi connectivity index (χ3n) is 3.12. The zero-order chi connectivity index (χ0) is 18.9. The third-order valence-corrected chi connectivity index (χ3v) is 3.36. The molecule has 1 aromatic heterocycles. The van der Waals surface area contributed by atoms with Crippen molar-refractivity contribution in [2.24, 2.45) is 0 Å². The predicted molar refractivity (Wildman–Crippen MR) is 97.6 cm³/mol. The van der Waals surface area contributed by atoms with E-state index in [-0.39, 0.29) is 23.4 Å². The van der Waals surface area contributed by atoms with Crippen LogP contribution in [-0.2, 0) is 9.53 Å². The Bertz CT molecular complexity index is 890. The number of nitriles is 1. The Labute approximate surface area is 155 Å². The van der Waals surface area contributed by atoms with Crippen LogP contribution in [0, 0.1) is 11.3 Å². The molecule has 0 bridgehead atoms. The SMILES string of the molecule is CCOC(=O)c1ccccc1NC(=O)/C(C#N)=C\Nc1cc(Cl)ccn1. The zero-order valence-corrected chi connectivity index (χ0v) is 14.6. The molecular weight excluding hydrogens is 356 g/mol. The highest BCUT2D eigenvalue weighted by molar-refractivity contribution is 6.30. The molecule has 0 aliphatic heterocycles. The lowest BCUT2D eigenvalue weighted by Crippen LogP contribution is -2.17. The van der Waals surface area contributed by atoms with Crippen LogP contribution in [0.2, 0.25) is 5.02 Å². The Morgan fingerprint density at radius 3 is 2.81 bits per heavy atom. The lowest BCUT2D eigenvalue weighted by Gasteiger charge is -2.10. The standard InChI is InChI=1S/C18H15ClN4O3/c1-2-26-18(25)14-5-3-4-6-15(14)23-17(24)12(10-20)11-22-16-9-13(19)7-8-21-16/h3-9,11H,2H2,1H3,(H,21,22)(H,23,24)/b12-11-. The number of carbonyl (C=O) groups excluding carboxylic acids is 2. The minimum absolute atomic E-state index is 0.199. The van der Waals surface area contributed by atoms with Gasteiger partial charge >= 0.3 is 5.97 Å². The molecule has 7 nitrogen and oxygen atoms in total. The number of anilines is 2. The fourth-order valence-electron chi connectivity index (χ4n) is 1.95. The lowest BCUT2D eigenvalue weighted by atomic mass is 10.1. The second kappa shape index (κ2) is 9.20. The number of hydrogen-bond donors (Lipinski definition) is 2. The largest absolute Gasteiger partial charge is 0.462 e. The minimum Gasteiger partial charge on any atom is -0.462 e. The van der Waals surface area contributed by atoms with Crippen LogP contribution in [0.5, 0.6) is 0 Å². The summed E-state index contributed by atoms with van der Waals surface area (Å²) in [6.45, 7) is 1.90. The molecule has 1 heterocycles. The molecule has 0 atom stereocenters. The number of esters is 1. The van der Waals surface area contributed by atoms with Gasteiger partial charge in [0.25, 0.3) is 5.91 Å². The number of ether oxygens (including phenoxy) is 1. The van der Waals surface area contributed by atoms with Gasteiger partial charge in [-0.25, -0.2) is 9.78 Å². The molecule has 2 rings (SSSR count). The second-order valence-electron chi connectivity index (χ2n) is 4.89. The first-order valence-electron chi connectivity index (χ1n) is 7.61. The van der Waals surface area contributed by atoms with Gasteiger partial charge in [0.05, 0.1) is 17.9 Å². The smallest absolute Gasteiger partial charge is 0.340 e. The molecule has 0 aliphatic carbocycles. The molecule has 0 fully saturated rings. The minimum atomic E-state index is -0.682. The number of para-hydroxylation sites is 1. The summed E-state index contributed by atoms with van der Waals surface area (Å²) < 4.78 is 4.95. The Kier molecular flexibility index (Phi) is 6.71. The van der Waals surface area contributed by atoms with Crippen molar-refractivity contribution < 1.29 is 14.3 Å². The average Bonchev–Trinajstić information content (AvgIpc) is 2.63. The summed E-state index contributed by atoms with van der Waals surface area (Å²) in [6, 6.07) is 11.3. The Balaban J connectivity index is 2.16. The first kappa shape index (κ1) is 19.0. The van der Waals surface area contributed by atoms with Gasteiger partial charge in [0, 0.05) is 17.4 Å². The van der Waals surface area contributed by atoms with Gasteiger partial charge < -0.3 is 15.4 Å². The molecule has 0 saturated heterocycles. The van der Waals surface area contributed by atoms with Crippen molar-refractivity contribution in [2.45, 2.75) is 6.92 Å². The van der Waals surface area contributed by atoms with E-state index < -0.39 is 11.9 Å². The van der Waals surface area contributed by atoms with Crippen LogP contribution in [-0.4, -0.2) is 23.5 Å². The summed E-state index contributed by atoms with van der Waals surface area (Å²) in [7, 11) is 0. The lowest BCUT2D eigenvalue weighted by molar-refractivity contribution is -0.112. The Hall–Kier alpha value is -3.37. The fourth-order valence-corrected chi connectivity index (χ4v) is 2.11. The number of nitrogens with zero attached hydrogens (tertiary/aromatic N) is 2. The number of halogens is 1. The van der Waals surface area contributed by atoms with E-state index in [2.05, 4.69) is 15.6 Å². The van der Waals surface area contributed by atoms with Crippen LogP contribution in [0.3, 0.4) is 0 Å². The van der Waals surface area contributed by atoms with E-state index in [9.17, 15) is 14.9 Å². The molecule has 0 spiro atoms. The number of benzene rings is 1. The highest BCUT2D eigenvalue weighted by Gasteiger charge is 2.16. The second-order valence-corrected chi connectivity index (χ2v) is 5.33. The van der Waals surface area contributed by atoms with E-state index >= 15 is 0 Å². The average molecular weight is 371 g/mol. The summed E-state index contributed by atoms with van der Waals surface area (Å²) in [6.07, 6.45) is 2.70. The monoisotopic (exact) mass is 370 g/mol. The number of hydrogen-bond acceptors (Lipinski definition) is 6. The van der Waals surface area contributed by atoms with Gasteiger partial charge in [-0.2, -0.15) is 5.26 Å². The van der Waals surface area contributed by atoms with E-state index in [1.54, 1.807) is 43.3 Å². The zero-order valence-electron chi connectivity index (χ0n) is 13.8. The number of nitrogens with one attached hydrogen (secondary N) is 2. The maximum Gasteiger partial charge on any atom is 0.340 e. The van der Waals surface area contributed by atoms with Gasteiger partial charge in [-0.15, -0.1) is 0 Å². The topological polar surface area (TPSA) is 104 Å². The van der Waals surface area contributed by atoms with Crippen molar-refractivity contribution >= 4 is 35.0 Å². The van der Waals surface area contributed by atoms with Crippen molar-refractivity contribution in [1.29, 1.82) is 5.26 Å². The summed E-state index contributed by atoms with van der Waals surface area (Å²) in [5.41, 5.74) is 0.243. The molecule has 1 amide bonds. The molecule has 2 aromatic rings. The Morgan fingerprint density at radius 1 is 1.35 bits per heavy atom. The molecule has 0 radical (unpaired) electrons. The maximum atomic E-state index is 12.3. The van der Waals surface area contributed by atoms with Crippen LogP contribution >= 0.6 is 11.6 Å². The van der Waals surface area contributed by atoms with Crippen LogP contribution in [0.1, 0.15) is 17.3 Å². The molecule has 8 heteroatoms. The molecule has 2 N–H and O–H groups in total. The fraction of sp³-hybridized carbons (Fsp3) is 0.111.